The van der Waals surface area contributed by atoms with Crippen LogP contribution in [0.4, 0.5) is 5.69 Å². The number of nitrogens with one attached hydrogen (secondary N) is 1. The van der Waals surface area contributed by atoms with Crippen molar-refractivity contribution in [2.75, 3.05) is 6.61 Å². The molecule has 0 saturated carbocycles. The number of rotatable bonds is 7. The van der Waals surface area contributed by atoms with Crippen LogP contribution in [-0.2, 0) is 4.79 Å². The smallest absolute Gasteiger partial charge is 0.277 e. The molecule has 0 radical (unpaired) electrons. The van der Waals surface area contributed by atoms with Gasteiger partial charge in [-0.05, 0) is 42.8 Å². The summed E-state index contributed by atoms with van der Waals surface area (Å²) in [7, 11) is 0. The van der Waals surface area contributed by atoms with Crippen molar-refractivity contribution in [1.29, 1.82) is 0 Å². The van der Waals surface area contributed by atoms with Gasteiger partial charge in [0, 0.05) is 22.7 Å². The minimum absolute atomic E-state index is 0.0303. The lowest BCUT2D eigenvalue weighted by Gasteiger charge is -2.06. The van der Waals surface area contributed by atoms with Gasteiger partial charge in [-0.1, -0.05) is 23.7 Å². The van der Waals surface area contributed by atoms with E-state index in [1.807, 2.05) is 6.92 Å². The summed E-state index contributed by atoms with van der Waals surface area (Å²) in [5.41, 5.74) is 3.71. The van der Waals surface area contributed by atoms with Crippen LogP contribution in [0.1, 0.15) is 11.3 Å². The van der Waals surface area contributed by atoms with Gasteiger partial charge in [-0.3, -0.25) is 14.9 Å². The summed E-state index contributed by atoms with van der Waals surface area (Å²) in [6, 6.07) is 14.5. The Balaban J connectivity index is 1.54. The fourth-order valence-electron chi connectivity index (χ4n) is 2.41. The molecule has 1 amide bonds. The van der Waals surface area contributed by atoms with E-state index in [9.17, 15) is 14.9 Å². The lowest BCUT2D eigenvalue weighted by atomic mass is 10.1. The lowest BCUT2D eigenvalue weighted by molar-refractivity contribution is -0.384. The largest absolute Gasteiger partial charge is 0.484 e. The molecule has 9 heteroatoms. The van der Waals surface area contributed by atoms with Gasteiger partial charge in [0.1, 0.15) is 17.3 Å². The number of hydrazone groups is 1. The predicted octanol–water partition coefficient (Wildman–Crippen LogP) is 4.35. The zero-order chi connectivity index (χ0) is 20.8. The first-order valence-corrected chi connectivity index (χ1v) is 8.85. The topological polar surface area (TPSA) is 107 Å². The molecule has 3 rings (SSSR count). The first-order chi connectivity index (χ1) is 13.9. The normalized spacial score (nSPS) is 10.8. The first kappa shape index (κ1) is 20.1. The SMILES string of the molecule is Cc1cc(OCC(=O)N/N=C/c2ccc(-c3cccc([N+](=O)[O-])c3)o2)ccc1Cl. The summed E-state index contributed by atoms with van der Waals surface area (Å²) >= 11 is 5.94. The molecule has 2 aromatic carbocycles. The number of furan rings is 1. The van der Waals surface area contributed by atoms with Gasteiger partial charge in [0.15, 0.2) is 6.61 Å². The molecule has 0 saturated heterocycles. The minimum Gasteiger partial charge on any atom is -0.484 e. The molecule has 0 aliphatic rings. The molecule has 0 spiro atoms. The van der Waals surface area contributed by atoms with Gasteiger partial charge in [-0.15, -0.1) is 0 Å². The third-order valence-electron chi connectivity index (χ3n) is 3.85. The van der Waals surface area contributed by atoms with Crippen molar-refractivity contribution < 1.29 is 18.9 Å². The number of carbonyl (C=O) groups excluding carboxylic acids is 1. The van der Waals surface area contributed by atoms with Crippen LogP contribution < -0.4 is 10.2 Å². The zero-order valence-electron chi connectivity index (χ0n) is 15.3. The van der Waals surface area contributed by atoms with E-state index in [0.717, 1.165) is 5.56 Å². The second kappa shape index (κ2) is 9.03. The Morgan fingerprint density at radius 3 is 2.86 bits per heavy atom. The van der Waals surface area contributed by atoms with Crippen LogP contribution >= 0.6 is 11.6 Å². The van der Waals surface area contributed by atoms with Crippen LogP contribution in [0.5, 0.6) is 5.75 Å². The third-order valence-corrected chi connectivity index (χ3v) is 4.27. The van der Waals surface area contributed by atoms with E-state index in [0.29, 0.717) is 27.9 Å². The summed E-state index contributed by atoms with van der Waals surface area (Å²) in [6.45, 7) is 1.63. The van der Waals surface area contributed by atoms with Gasteiger partial charge in [0.25, 0.3) is 11.6 Å². The summed E-state index contributed by atoms with van der Waals surface area (Å²) in [6.07, 6.45) is 1.32. The second-order valence-corrected chi connectivity index (χ2v) is 6.41. The van der Waals surface area contributed by atoms with Gasteiger partial charge < -0.3 is 9.15 Å². The molecule has 0 fully saturated rings. The standard InChI is InChI=1S/C20H16ClN3O5/c1-13-9-16(5-7-18(13)21)28-12-20(25)23-22-11-17-6-8-19(29-17)14-3-2-4-15(10-14)24(26)27/h2-11H,12H2,1H3,(H,23,25)/b22-11+. The molecular weight excluding hydrogens is 398 g/mol. The van der Waals surface area contributed by atoms with Crippen LogP contribution in [0, 0.1) is 17.0 Å². The average Bonchev–Trinajstić information content (AvgIpc) is 3.18. The Morgan fingerprint density at radius 2 is 2.10 bits per heavy atom. The van der Waals surface area contributed by atoms with E-state index in [-0.39, 0.29) is 12.3 Å². The highest BCUT2D eigenvalue weighted by Gasteiger charge is 2.10. The Bertz CT molecular complexity index is 1080. The number of nitro benzene ring substituents is 1. The quantitative estimate of drug-likeness (QED) is 0.352. The van der Waals surface area contributed by atoms with E-state index in [1.54, 1.807) is 42.5 Å². The van der Waals surface area contributed by atoms with E-state index in [2.05, 4.69) is 10.5 Å². The maximum absolute atomic E-state index is 11.8. The molecule has 8 nitrogen and oxygen atoms in total. The van der Waals surface area contributed by atoms with Crippen molar-refractivity contribution in [3.63, 3.8) is 0 Å². The van der Waals surface area contributed by atoms with E-state index in [4.69, 9.17) is 20.8 Å². The van der Waals surface area contributed by atoms with Crippen LogP contribution in [0.2, 0.25) is 5.02 Å². The number of aryl methyl sites for hydroxylation is 1. The van der Waals surface area contributed by atoms with Gasteiger partial charge in [0.05, 0.1) is 11.1 Å². The molecule has 29 heavy (non-hydrogen) atoms. The number of nitrogens with zero attached hydrogens (tertiary/aromatic N) is 2. The van der Waals surface area contributed by atoms with Crippen molar-refractivity contribution in [3.8, 4) is 17.1 Å². The number of ether oxygens (including phenoxy) is 1. The molecule has 0 atom stereocenters. The number of halogens is 1. The highest BCUT2D eigenvalue weighted by molar-refractivity contribution is 6.31. The van der Waals surface area contributed by atoms with Crippen molar-refractivity contribution in [2.24, 2.45) is 5.10 Å². The van der Waals surface area contributed by atoms with Crippen LogP contribution in [0.15, 0.2) is 64.1 Å². The molecule has 1 heterocycles. The third kappa shape index (κ3) is 5.43. The molecule has 1 N–H and O–H groups in total. The monoisotopic (exact) mass is 413 g/mol. The van der Waals surface area contributed by atoms with E-state index >= 15 is 0 Å². The number of hydrogen-bond acceptors (Lipinski definition) is 6. The van der Waals surface area contributed by atoms with Crippen molar-refractivity contribution in [3.05, 3.63) is 81.1 Å². The number of amides is 1. The Hall–Kier alpha value is -3.65. The number of nitro groups is 1. The van der Waals surface area contributed by atoms with Crippen molar-refractivity contribution >= 4 is 29.4 Å². The molecule has 0 unspecified atom stereocenters. The molecule has 3 aromatic rings. The predicted molar refractivity (Wildman–Crippen MR) is 108 cm³/mol. The van der Waals surface area contributed by atoms with Crippen molar-refractivity contribution in [1.82, 2.24) is 5.43 Å². The zero-order valence-corrected chi connectivity index (χ0v) is 16.1. The fourth-order valence-corrected chi connectivity index (χ4v) is 2.52. The Kier molecular flexibility index (Phi) is 6.25. The highest BCUT2D eigenvalue weighted by atomic mass is 35.5. The molecule has 1 aromatic heterocycles. The van der Waals surface area contributed by atoms with Gasteiger partial charge in [0.2, 0.25) is 0 Å². The molecule has 148 valence electrons. The molecule has 0 bridgehead atoms. The van der Waals surface area contributed by atoms with Gasteiger partial charge in [-0.2, -0.15) is 5.10 Å². The van der Waals surface area contributed by atoms with Gasteiger partial charge >= 0.3 is 0 Å². The van der Waals surface area contributed by atoms with Gasteiger partial charge in [-0.25, -0.2) is 5.43 Å². The first-order valence-electron chi connectivity index (χ1n) is 8.48. The minimum atomic E-state index is -0.474. The summed E-state index contributed by atoms with van der Waals surface area (Å²) in [5, 5.41) is 15.3. The molecular formula is C20H16ClN3O5. The summed E-state index contributed by atoms with van der Waals surface area (Å²) < 4.78 is 10.9. The molecule has 0 aliphatic carbocycles. The maximum atomic E-state index is 11.8. The highest BCUT2D eigenvalue weighted by Crippen LogP contribution is 2.25. The van der Waals surface area contributed by atoms with Crippen LogP contribution in [0.25, 0.3) is 11.3 Å². The van der Waals surface area contributed by atoms with E-state index in [1.165, 1.54) is 18.3 Å². The second-order valence-electron chi connectivity index (χ2n) is 6.00. The summed E-state index contributed by atoms with van der Waals surface area (Å²) in [5.74, 6) is 0.905. The van der Waals surface area contributed by atoms with Crippen LogP contribution in [0.3, 0.4) is 0 Å². The van der Waals surface area contributed by atoms with Crippen molar-refractivity contribution in [2.45, 2.75) is 6.92 Å². The summed E-state index contributed by atoms with van der Waals surface area (Å²) in [4.78, 5) is 22.2. The number of benzene rings is 2. The lowest BCUT2D eigenvalue weighted by Crippen LogP contribution is -2.24. The number of non-ortho nitro benzene ring substituents is 1. The fraction of sp³-hybridized carbons (Fsp3) is 0.100. The number of hydrogen-bond donors (Lipinski definition) is 1. The number of carbonyl (C=O) groups is 1. The average molecular weight is 414 g/mol. The van der Waals surface area contributed by atoms with Crippen LogP contribution in [-0.4, -0.2) is 23.7 Å². The maximum Gasteiger partial charge on any atom is 0.277 e. The van der Waals surface area contributed by atoms with E-state index < -0.39 is 10.8 Å². The Labute approximate surface area is 170 Å². The Morgan fingerprint density at radius 1 is 1.28 bits per heavy atom. The molecule has 0 aliphatic heterocycles.